The standard InChI is InChI=1S/C15H21N5O2/c1-11(2)13(15(22)19(3)9-10-21)20-17-14(16-18-20)12-7-5-4-6-8-12/h4-8,11,13,21H,9-10H2,1-3H3. The lowest BCUT2D eigenvalue weighted by Crippen LogP contribution is -2.39. The maximum Gasteiger partial charge on any atom is 0.249 e. The first-order valence-electron chi connectivity index (χ1n) is 7.25. The molecule has 0 aliphatic carbocycles. The van der Waals surface area contributed by atoms with Crippen molar-refractivity contribution in [3.05, 3.63) is 30.3 Å². The van der Waals surface area contributed by atoms with Gasteiger partial charge in [0, 0.05) is 19.2 Å². The van der Waals surface area contributed by atoms with E-state index in [2.05, 4.69) is 15.4 Å². The van der Waals surface area contributed by atoms with Crippen molar-refractivity contribution in [3.63, 3.8) is 0 Å². The molecule has 1 atom stereocenters. The highest BCUT2D eigenvalue weighted by Gasteiger charge is 2.29. The first-order chi connectivity index (χ1) is 10.5. The van der Waals surface area contributed by atoms with E-state index in [1.807, 2.05) is 44.2 Å². The van der Waals surface area contributed by atoms with Crippen molar-refractivity contribution in [1.29, 1.82) is 0 Å². The molecule has 0 aliphatic rings. The highest BCUT2D eigenvalue weighted by atomic mass is 16.3. The third-order valence-electron chi connectivity index (χ3n) is 3.41. The Morgan fingerprint density at radius 2 is 2.00 bits per heavy atom. The first-order valence-corrected chi connectivity index (χ1v) is 7.25. The fourth-order valence-electron chi connectivity index (χ4n) is 2.18. The van der Waals surface area contributed by atoms with E-state index in [-0.39, 0.29) is 25.0 Å². The summed E-state index contributed by atoms with van der Waals surface area (Å²) in [6.45, 7) is 4.07. The van der Waals surface area contributed by atoms with Gasteiger partial charge in [-0.05, 0) is 11.1 Å². The third kappa shape index (κ3) is 3.48. The smallest absolute Gasteiger partial charge is 0.249 e. The molecule has 1 unspecified atom stereocenters. The number of aromatic nitrogens is 4. The molecule has 0 fully saturated rings. The SMILES string of the molecule is CC(C)C(C(=O)N(C)CCO)n1nnc(-c2ccccc2)n1. The van der Waals surface area contributed by atoms with Gasteiger partial charge in [-0.25, -0.2) is 0 Å². The molecule has 1 N–H and O–H groups in total. The summed E-state index contributed by atoms with van der Waals surface area (Å²) in [4.78, 5) is 15.4. The molecule has 1 amide bonds. The van der Waals surface area contributed by atoms with Gasteiger partial charge in [0.05, 0.1) is 6.61 Å². The number of amides is 1. The molecule has 0 radical (unpaired) electrons. The van der Waals surface area contributed by atoms with Gasteiger partial charge in [0.1, 0.15) is 0 Å². The molecule has 1 heterocycles. The first kappa shape index (κ1) is 16.1. The Kier molecular flexibility index (Phi) is 5.21. The number of likely N-dealkylation sites (N-methyl/N-ethyl adjacent to an activating group) is 1. The van der Waals surface area contributed by atoms with Crippen LogP contribution in [0.2, 0.25) is 0 Å². The van der Waals surface area contributed by atoms with Crippen LogP contribution in [0.25, 0.3) is 11.4 Å². The van der Waals surface area contributed by atoms with Crippen LogP contribution in [-0.4, -0.2) is 56.3 Å². The zero-order chi connectivity index (χ0) is 16.1. The zero-order valence-electron chi connectivity index (χ0n) is 13.0. The Labute approximate surface area is 129 Å². The molecule has 22 heavy (non-hydrogen) atoms. The molecule has 118 valence electrons. The maximum absolute atomic E-state index is 12.5. The molecule has 2 aromatic rings. The summed E-state index contributed by atoms with van der Waals surface area (Å²) in [5, 5.41) is 21.4. The number of aliphatic hydroxyl groups is 1. The van der Waals surface area contributed by atoms with Crippen molar-refractivity contribution >= 4 is 5.91 Å². The van der Waals surface area contributed by atoms with Crippen LogP contribution in [0.1, 0.15) is 19.9 Å². The highest BCUT2D eigenvalue weighted by Crippen LogP contribution is 2.20. The summed E-state index contributed by atoms with van der Waals surface area (Å²) in [6.07, 6.45) is 0. The summed E-state index contributed by atoms with van der Waals surface area (Å²) in [5.41, 5.74) is 0.854. The monoisotopic (exact) mass is 303 g/mol. The lowest BCUT2D eigenvalue weighted by Gasteiger charge is -2.24. The van der Waals surface area contributed by atoms with E-state index in [0.29, 0.717) is 5.82 Å². The maximum atomic E-state index is 12.5. The molecule has 0 bridgehead atoms. The second kappa shape index (κ2) is 7.13. The Balaban J connectivity index is 2.27. The van der Waals surface area contributed by atoms with Crippen LogP contribution in [0.4, 0.5) is 0 Å². The molecule has 1 aromatic carbocycles. The Morgan fingerprint density at radius 3 is 2.59 bits per heavy atom. The fourth-order valence-corrected chi connectivity index (χ4v) is 2.18. The van der Waals surface area contributed by atoms with Crippen molar-refractivity contribution in [2.45, 2.75) is 19.9 Å². The molecule has 0 saturated heterocycles. The van der Waals surface area contributed by atoms with Crippen molar-refractivity contribution in [2.75, 3.05) is 20.2 Å². The molecular weight excluding hydrogens is 282 g/mol. The normalized spacial score (nSPS) is 12.4. The van der Waals surface area contributed by atoms with Gasteiger partial charge in [0.2, 0.25) is 11.7 Å². The molecular formula is C15H21N5O2. The van der Waals surface area contributed by atoms with E-state index >= 15 is 0 Å². The minimum atomic E-state index is -0.540. The summed E-state index contributed by atoms with van der Waals surface area (Å²) in [6, 6.07) is 8.96. The topological polar surface area (TPSA) is 84.1 Å². The summed E-state index contributed by atoms with van der Waals surface area (Å²) >= 11 is 0. The van der Waals surface area contributed by atoms with Crippen molar-refractivity contribution in [1.82, 2.24) is 25.1 Å². The van der Waals surface area contributed by atoms with Crippen LogP contribution < -0.4 is 0 Å². The highest BCUT2D eigenvalue weighted by molar-refractivity contribution is 5.80. The molecule has 1 aromatic heterocycles. The summed E-state index contributed by atoms with van der Waals surface area (Å²) in [7, 11) is 1.66. The molecule has 0 aliphatic heterocycles. The summed E-state index contributed by atoms with van der Waals surface area (Å²) in [5.74, 6) is 0.358. The third-order valence-corrected chi connectivity index (χ3v) is 3.41. The lowest BCUT2D eigenvalue weighted by atomic mass is 10.0. The second-order valence-electron chi connectivity index (χ2n) is 5.47. The Hall–Kier alpha value is -2.28. The molecule has 2 rings (SSSR count). The second-order valence-corrected chi connectivity index (χ2v) is 5.47. The van der Waals surface area contributed by atoms with Gasteiger partial charge >= 0.3 is 0 Å². The van der Waals surface area contributed by atoms with Crippen LogP contribution in [0.5, 0.6) is 0 Å². The van der Waals surface area contributed by atoms with E-state index in [1.54, 1.807) is 7.05 Å². The minimum Gasteiger partial charge on any atom is -0.395 e. The number of tetrazole rings is 1. The van der Waals surface area contributed by atoms with Crippen LogP contribution in [0.3, 0.4) is 0 Å². The van der Waals surface area contributed by atoms with E-state index in [4.69, 9.17) is 5.11 Å². The minimum absolute atomic E-state index is 0.00599. The molecule has 0 spiro atoms. The predicted molar refractivity (Wildman–Crippen MR) is 81.9 cm³/mol. The average Bonchev–Trinajstić information content (AvgIpc) is 2.97. The van der Waals surface area contributed by atoms with E-state index < -0.39 is 6.04 Å². The van der Waals surface area contributed by atoms with E-state index in [1.165, 1.54) is 9.70 Å². The fraction of sp³-hybridized carbons (Fsp3) is 0.467. The number of carbonyl (C=O) groups is 1. The van der Waals surface area contributed by atoms with Crippen LogP contribution >= 0.6 is 0 Å². The van der Waals surface area contributed by atoms with Crippen LogP contribution in [-0.2, 0) is 4.79 Å². The lowest BCUT2D eigenvalue weighted by molar-refractivity contribution is -0.136. The number of rotatable bonds is 6. The number of hydrogen-bond donors (Lipinski definition) is 1. The summed E-state index contributed by atoms with van der Waals surface area (Å²) < 4.78 is 0. The van der Waals surface area contributed by atoms with Gasteiger partial charge in [-0.3, -0.25) is 4.79 Å². The van der Waals surface area contributed by atoms with Gasteiger partial charge in [-0.1, -0.05) is 44.2 Å². The Morgan fingerprint density at radius 1 is 1.32 bits per heavy atom. The van der Waals surface area contributed by atoms with E-state index in [0.717, 1.165) is 5.56 Å². The number of carbonyl (C=O) groups excluding carboxylic acids is 1. The number of nitrogens with zero attached hydrogens (tertiary/aromatic N) is 5. The van der Waals surface area contributed by atoms with Crippen LogP contribution in [0, 0.1) is 5.92 Å². The molecule has 7 heteroatoms. The molecule has 0 saturated carbocycles. The zero-order valence-corrected chi connectivity index (χ0v) is 13.0. The van der Waals surface area contributed by atoms with Crippen molar-refractivity contribution in [3.8, 4) is 11.4 Å². The largest absolute Gasteiger partial charge is 0.395 e. The number of aliphatic hydroxyl groups excluding tert-OH is 1. The average molecular weight is 303 g/mol. The van der Waals surface area contributed by atoms with Gasteiger partial charge in [0.15, 0.2) is 6.04 Å². The van der Waals surface area contributed by atoms with E-state index in [9.17, 15) is 4.79 Å². The van der Waals surface area contributed by atoms with Gasteiger partial charge < -0.3 is 10.0 Å². The number of benzene rings is 1. The predicted octanol–water partition coefficient (Wildman–Crippen LogP) is 0.988. The molecule has 7 nitrogen and oxygen atoms in total. The van der Waals surface area contributed by atoms with Gasteiger partial charge in [0.25, 0.3) is 0 Å². The number of hydrogen-bond acceptors (Lipinski definition) is 5. The Bertz CT molecular complexity index is 611. The van der Waals surface area contributed by atoms with Gasteiger partial charge in [-0.2, -0.15) is 4.80 Å². The quantitative estimate of drug-likeness (QED) is 0.860. The van der Waals surface area contributed by atoms with Crippen molar-refractivity contribution in [2.24, 2.45) is 5.92 Å². The van der Waals surface area contributed by atoms with Gasteiger partial charge in [-0.15, -0.1) is 10.2 Å². The van der Waals surface area contributed by atoms with Crippen LogP contribution in [0.15, 0.2) is 30.3 Å². The van der Waals surface area contributed by atoms with Crippen molar-refractivity contribution < 1.29 is 9.90 Å².